The number of ether oxygens (including phenoxy) is 1. The molecule has 36 heavy (non-hydrogen) atoms. The molecule has 1 aliphatic rings. The smallest absolute Gasteiger partial charge is 0.408 e. The number of carbonyl (C=O) groups is 3. The van der Waals surface area contributed by atoms with Crippen molar-refractivity contribution in [3.8, 4) is 5.75 Å². The molecule has 0 radical (unpaired) electrons. The maximum absolute atomic E-state index is 13.8. The van der Waals surface area contributed by atoms with Gasteiger partial charge in [0, 0.05) is 12.6 Å². The van der Waals surface area contributed by atoms with Crippen LogP contribution in [-0.2, 0) is 14.3 Å². The van der Waals surface area contributed by atoms with E-state index in [0.29, 0.717) is 17.7 Å². The molecule has 10 heteroatoms. The first-order chi connectivity index (χ1) is 17.1. The summed E-state index contributed by atoms with van der Waals surface area (Å²) in [5.41, 5.74) is -0.236. The Balaban J connectivity index is 2.38. The number of aromatic hydroxyl groups is 1. The third-order valence-electron chi connectivity index (χ3n) is 5.94. The zero-order valence-electron chi connectivity index (χ0n) is 21.8. The topological polar surface area (TPSA) is 128 Å². The van der Waals surface area contributed by atoms with Crippen LogP contribution in [0, 0.1) is 0 Å². The van der Waals surface area contributed by atoms with Crippen molar-refractivity contribution in [1.82, 2.24) is 15.5 Å². The molecule has 1 aromatic carbocycles. The molecule has 0 spiro atoms. The van der Waals surface area contributed by atoms with E-state index < -0.39 is 29.7 Å². The maximum Gasteiger partial charge on any atom is 0.408 e. The highest BCUT2D eigenvalue weighted by Gasteiger charge is 2.36. The SMILES string of the molecule is CSCCC(NC(=O)OC(C)(C)C)C(=O)N(CCO)C(C(=O)NC1CCCCC1)c1ccc(O)cc1. The summed E-state index contributed by atoms with van der Waals surface area (Å²) < 4.78 is 5.36. The number of benzene rings is 1. The summed E-state index contributed by atoms with van der Waals surface area (Å²) in [6.07, 6.45) is 6.45. The van der Waals surface area contributed by atoms with Crippen LogP contribution in [0.1, 0.15) is 70.9 Å². The summed E-state index contributed by atoms with van der Waals surface area (Å²) in [6.45, 7) is 4.74. The number of rotatable bonds is 11. The van der Waals surface area contributed by atoms with Crippen LogP contribution in [0.4, 0.5) is 4.79 Å². The van der Waals surface area contributed by atoms with Crippen molar-refractivity contribution in [2.75, 3.05) is 25.2 Å². The molecular formula is C26H41N3O6S. The molecule has 1 aromatic rings. The van der Waals surface area contributed by atoms with Gasteiger partial charge in [0.15, 0.2) is 0 Å². The molecule has 0 aliphatic heterocycles. The fourth-order valence-corrected chi connectivity index (χ4v) is 4.75. The highest BCUT2D eigenvalue weighted by Crippen LogP contribution is 2.26. The van der Waals surface area contributed by atoms with Gasteiger partial charge in [-0.15, -0.1) is 0 Å². The summed E-state index contributed by atoms with van der Waals surface area (Å²) >= 11 is 1.53. The summed E-state index contributed by atoms with van der Waals surface area (Å²) in [5, 5.41) is 25.4. The Morgan fingerprint density at radius 1 is 1.14 bits per heavy atom. The van der Waals surface area contributed by atoms with Crippen LogP contribution in [0.15, 0.2) is 24.3 Å². The van der Waals surface area contributed by atoms with Gasteiger partial charge >= 0.3 is 6.09 Å². The normalized spacial score (nSPS) is 16.0. The van der Waals surface area contributed by atoms with Crippen molar-refractivity contribution in [3.05, 3.63) is 29.8 Å². The molecule has 2 atom stereocenters. The number of phenols is 1. The van der Waals surface area contributed by atoms with E-state index >= 15 is 0 Å². The summed E-state index contributed by atoms with van der Waals surface area (Å²) in [4.78, 5) is 41.3. The average Bonchev–Trinajstić information content (AvgIpc) is 2.81. The van der Waals surface area contributed by atoms with Crippen LogP contribution in [0.2, 0.25) is 0 Å². The van der Waals surface area contributed by atoms with Crippen molar-refractivity contribution in [2.45, 2.75) is 83.0 Å². The molecular weight excluding hydrogens is 482 g/mol. The minimum Gasteiger partial charge on any atom is -0.508 e. The number of nitrogens with one attached hydrogen (secondary N) is 2. The molecule has 0 saturated heterocycles. The highest BCUT2D eigenvalue weighted by atomic mass is 32.2. The first kappa shape index (κ1) is 29.8. The van der Waals surface area contributed by atoms with Gasteiger partial charge in [-0.05, 0) is 69.7 Å². The summed E-state index contributed by atoms with van der Waals surface area (Å²) in [7, 11) is 0. The molecule has 9 nitrogen and oxygen atoms in total. The lowest BCUT2D eigenvalue weighted by Gasteiger charge is -2.35. The van der Waals surface area contributed by atoms with E-state index in [9.17, 15) is 24.6 Å². The van der Waals surface area contributed by atoms with Crippen molar-refractivity contribution in [2.24, 2.45) is 0 Å². The standard InChI is InChI=1S/C26H41N3O6S/c1-26(2,3)35-25(34)28-21(14-17-36-4)24(33)29(15-16-30)22(18-10-12-20(31)13-11-18)23(32)27-19-8-6-5-7-9-19/h10-13,19,21-22,30-31H,5-9,14-17H2,1-4H3,(H,27,32)(H,28,34). The Labute approximate surface area is 218 Å². The third-order valence-corrected chi connectivity index (χ3v) is 6.59. The highest BCUT2D eigenvalue weighted by molar-refractivity contribution is 7.98. The zero-order chi connectivity index (χ0) is 26.7. The number of carbonyl (C=O) groups excluding carboxylic acids is 3. The molecule has 2 unspecified atom stereocenters. The lowest BCUT2D eigenvalue weighted by molar-refractivity contribution is -0.143. The van der Waals surface area contributed by atoms with E-state index in [-0.39, 0.29) is 30.9 Å². The monoisotopic (exact) mass is 523 g/mol. The second-order valence-electron chi connectivity index (χ2n) is 10.1. The fraction of sp³-hybridized carbons (Fsp3) is 0.654. The molecule has 3 amide bonds. The van der Waals surface area contributed by atoms with Crippen LogP contribution in [0.5, 0.6) is 5.75 Å². The number of amides is 3. The quantitative estimate of drug-likeness (QED) is 0.350. The van der Waals surface area contributed by atoms with E-state index in [1.807, 2.05) is 6.26 Å². The number of hydrogen-bond donors (Lipinski definition) is 4. The molecule has 0 heterocycles. The second kappa shape index (κ2) is 14.3. The number of hydrogen-bond acceptors (Lipinski definition) is 7. The molecule has 1 fully saturated rings. The summed E-state index contributed by atoms with van der Waals surface area (Å²) in [6, 6.07) is 4.14. The Kier molecular flexibility index (Phi) is 11.8. The zero-order valence-corrected chi connectivity index (χ0v) is 22.6. The minimum atomic E-state index is -1.04. The number of aliphatic hydroxyl groups is 1. The molecule has 2 rings (SSSR count). The number of phenolic OH excluding ortho intramolecular Hbond substituents is 1. The van der Waals surface area contributed by atoms with Gasteiger partial charge < -0.3 is 30.5 Å². The number of alkyl carbamates (subject to hydrolysis) is 1. The lowest BCUT2D eigenvalue weighted by Crippen LogP contribution is -2.54. The molecule has 0 bridgehead atoms. The molecule has 1 aliphatic carbocycles. The second-order valence-corrected chi connectivity index (χ2v) is 11.1. The number of nitrogens with zero attached hydrogens (tertiary/aromatic N) is 1. The van der Waals surface area contributed by atoms with Gasteiger partial charge in [-0.1, -0.05) is 31.4 Å². The Morgan fingerprint density at radius 3 is 2.33 bits per heavy atom. The molecule has 4 N–H and O–H groups in total. The van der Waals surface area contributed by atoms with E-state index in [1.54, 1.807) is 32.9 Å². The van der Waals surface area contributed by atoms with E-state index in [0.717, 1.165) is 32.1 Å². The van der Waals surface area contributed by atoms with Crippen molar-refractivity contribution in [1.29, 1.82) is 0 Å². The predicted octanol–water partition coefficient (Wildman–Crippen LogP) is 3.35. The third kappa shape index (κ3) is 9.54. The number of aliphatic hydroxyl groups excluding tert-OH is 1. The van der Waals surface area contributed by atoms with E-state index in [1.165, 1.54) is 28.8 Å². The molecule has 0 aromatic heterocycles. The first-order valence-electron chi connectivity index (χ1n) is 12.5. The van der Waals surface area contributed by atoms with Crippen molar-refractivity contribution >= 4 is 29.7 Å². The lowest BCUT2D eigenvalue weighted by atomic mass is 9.94. The Bertz CT molecular complexity index is 852. The van der Waals surface area contributed by atoms with Crippen molar-refractivity contribution < 1.29 is 29.3 Å². The van der Waals surface area contributed by atoms with Gasteiger partial charge in [0.25, 0.3) is 0 Å². The van der Waals surface area contributed by atoms with Crippen molar-refractivity contribution in [3.63, 3.8) is 0 Å². The average molecular weight is 524 g/mol. The Hall–Kier alpha value is -2.46. The number of thioether (sulfide) groups is 1. The van der Waals surface area contributed by atoms with Crippen LogP contribution < -0.4 is 10.6 Å². The van der Waals surface area contributed by atoms with Crippen LogP contribution >= 0.6 is 11.8 Å². The van der Waals surface area contributed by atoms with Crippen LogP contribution in [-0.4, -0.2) is 75.9 Å². The predicted molar refractivity (Wildman–Crippen MR) is 141 cm³/mol. The van der Waals surface area contributed by atoms with Gasteiger partial charge in [-0.2, -0.15) is 11.8 Å². The maximum atomic E-state index is 13.8. The van der Waals surface area contributed by atoms with Gasteiger partial charge in [-0.3, -0.25) is 9.59 Å². The molecule has 1 saturated carbocycles. The minimum absolute atomic E-state index is 0.0177. The summed E-state index contributed by atoms with van der Waals surface area (Å²) in [5.74, 6) is -0.206. The van der Waals surface area contributed by atoms with Crippen LogP contribution in [0.3, 0.4) is 0 Å². The van der Waals surface area contributed by atoms with Gasteiger partial charge in [0.1, 0.15) is 23.4 Å². The van der Waals surface area contributed by atoms with E-state index in [2.05, 4.69) is 10.6 Å². The largest absolute Gasteiger partial charge is 0.508 e. The Morgan fingerprint density at radius 2 is 1.78 bits per heavy atom. The first-order valence-corrected chi connectivity index (χ1v) is 13.9. The van der Waals surface area contributed by atoms with E-state index in [4.69, 9.17) is 4.74 Å². The van der Waals surface area contributed by atoms with Gasteiger partial charge in [0.05, 0.1) is 6.61 Å². The fourth-order valence-electron chi connectivity index (χ4n) is 4.27. The van der Waals surface area contributed by atoms with Gasteiger partial charge in [0.2, 0.25) is 11.8 Å². The van der Waals surface area contributed by atoms with Gasteiger partial charge in [-0.25, -0.2) is 4.79 Å². The molecule has 202 valence electrons. The van der Waals surface area contributed by atoms with Crippen LogP contribution in [0.25, 0.3) is 0 Å².